The Morgan fingerprint density at radius 2 is 1.68 bits per heavy atom. The van der Waals surface area contributed by atoms with Crippen LogP contribution in [0.15, 0.2) is 54.6 Å². The number of hydrogen-bond acceptors (Lipinski definition) is 2. The van der Waals surface area contributed by atoms with Gasteiger partial charge in [-0.3, -0.25) is 4.79 Å². The van der Waals surface area contributed by atoms with E-state index < -0.39 is 0 Å². The fourth-order valence-corrected chi connectivity index (χ4v) is 3.50. The van der Waals surface area contributed by atoms with Crippen molar-refractivity contribution in [2.75, 3.05) is 5.75 Å². The van der Waals surface area contributed by atoms with Gasteiger partial charge < -0.3 is 5.32 Å². The van der Waals surface area contributed by atoms with Crippen LogP contribution in [0.4, 0.5) is 0 Å². The zero-order valence-electron chi connectivity index (χ0n) is 15.7. The van der Waals surface area contributed by atoms with Gasteiger partial charge in [0, 0.05) is 17.9 Å². The number of amides is 1. The van der Waals surface area contributed by atoms with Gasteiger partial charge in [-0.15, -0.1) is 0 Å². The zero-order chi connectivity index (χ0) is 18.3. The largest absolute Gasteiger partial charge is 0.350 e. The summed E-state index contributed by atoms with van der Waals surface area (Å²) in [5, 5.41) is 3.10. The highest BCUT2D eigenvalue weighted by atomic mass is 32.2. The second kappa shape index (κ2) is 9.10. The number of nitrogens with one attached hydrogen (secondary N) is 1. The van der Waals surface area contributed by atoms with Crippen LogP contribution >= 0.6 is 11.8 Å². The van der Waals surface area contributed by atoms with E-state index in [1.807, 2.05) is 13.0 Å². The van der Waals surface area contributed by atoms with Crippen molar-refractivity contribution < 1.29 is 4.79 Å². The molecule has 0 aromatic heterocycles. The van der Waals surface area contributed by atoms with E-state index in [9.17, 15) is 4.79 Å². The second-order valence-electron chi connectivity index (χ2n) is 7.45. The van der Waals surface area contributed by atoms with Gasteiger partial charge in [0.15, 0.2) is 0 Å². The first-order chi connectivity index (χ1) is 11.9. The standard InChI is InChI=1S/C22H29NOS/c1-17(19-10-12-20(13-11-19)22(2,3)4)23-21(24)14-15-25-16-18-8-6-5-7-9-18/h5-13,17H,14-16H2,1-4H3,(H,23,24)/t17-/m1/s1. The van der Waals surface area contributed by atoms with E-state index in [-0.39, 0.29) is 17.4 Å². The molecule has 0 aliphatic rings. The minimum Gasteiger partial charge on any atom is -0.350 e. The minimum atomic E-state index is 0.0423. The van der Waals surface area contributed by atoms with Crippen LogP contribution in [0.25, 0.3) is 0 Å². The molecular weight excluding hydrogens is 326 g/mol. The molecule has 0 saturated carbocycles. The van der Waals surface area contributed by atoms with Gasteiger partial charge in [0.1, 0.15) is 0 Å². The van der Waals surface area contributed by atoms with Crippen molar-refractivity contribution in [1.82, 2.24) is 5.32 Å². The van der Waals surface area contributed by atoms with Crippen molar-refractivity contribution in [3.63, 3.8) is 0 Å². The van der Waals surface area contributed by atoms with E-state index >= 15 is 0 Å². The highest BCUT2D eigenvalue weighted by molar-refractivity contribution is 7.98. The third kappa shape index (κ3) is 6.58. The van der Waals surface area contributed by atoms with Gasteiger partial charge in [0.05, 0.1) is 6.04 Å². The Morgan fingerprint density at radius 1 is 1.04 bits per heavy atom. The molecule has 2 aromatic carbocycles. The van der Waals surface area contributed by atoms with Gasteiger partial charge in [0.25, 0.3) is 0 Å². The van der Waals surface area contributed by atoms with Crippen molar-refractivity contribution in [3.05, 3.63) is 71.3 Å². The Hall–Kier alpha value is -1.74. The zero-order valence-corrected chi connectivity index (χ0v) is 16.5. The Labute approximate surface area is 156 Å². The third-order valence-electron chi connectivity index (χ3n) is 4.24. The van der Waals surface area contributed by atoms with Gasteiger partial charge in [-0.25, -0.2) is 0 Å². The maximum absolute atomic E-state index is 12.1. The van der Waals surface area contributed by atoms with Gasteiger partial charge in [-0.1, -0.05) is 75.4 Å². The number of hydrogen-bond donors (Lipinski definition) is 1. The molecule has 2 rings (SSSR count). The van der Waals surface area contributed by atoms with Crippen LogP contribution in [0.1, 0.15) is 56.8 Å². The minimum absolute atomic E-state index is 0.0423. The number of thioether (sulfide) groups is 1. The maximum Gasteiger partial charge on any atom is 0.221 e. The molecule has 3 heteroatoms. The second-order valence-corrected chi connectivity index (χ2v) is 8.55. The summed E-state index contributed by atoms with van der Waals surface area (Å²) in [6, 6.07) is 19.0. The first-order valence-electron chi connectivity index (χ1n) is 8.88. The monoisotopic (exact) mass is 355 g/mol. The molecule has 1 N–H and O–H groups in total. The molecule has 134 valence electrons. The molecule has 0 radical (unpaired) electrons. The van der Waals surface area contributed by atoms with Crippen LogP contribution in [0, 0.1) is 0 Å². The van der Waals surface area contributed by atoms with Gasteiger partial charge in [-0.2, -0.15) is 11.8 Å². The highest BCUT2D eigenvalue weighted by Gasteiger charge is 2.14. The van der Waals surface area contributed by atoms with Crippen LogP contribution in [0.3, 0.4) is 0 Å². The van der Waals surface area contributed by atoms with Crippen LogP contribution < -0.4 is 5.32 Å². The maximum atomic E-state index is 12.1. The summed E-state index contributed by atoms with van der Waals surface area (Å²) in [5.41, 5.74) is 3.92. The summed E-state index contributed by atoms with van der Waals surface area (Å²) >= 11 is 1.80. The lowest BCUT2D eigenvalue weighted by molar-refractivity contribution is -0.121. The van der Waals surface area contributed by atoms with E-state index in [4.69, 9.17) is 0 Å². The molecule has 0 spiro atoms. The molecule has 25 heavy (non-hydrogen) atoms. The summed E-state index contributed by atoms with van der Waals surface area (Å²) < 4.78 is 0. The molecule has 0 saturated heterocycles. The fraction of sp³-hybridized carbons (Fsp3) is 0.409. The number of carbonyl (C=O) groups excluding carboxylic acids is 1. The van der Waals surface area contributed by atoms with Crippen molar-refractivity contribution >= 4 is 17.7 Å². The molecule has 1 amide bonds. The summed E-state index contributed by atoms with van der Waals surface area (Å²) in [6.45, 7) is 8.67. The van der Waals surface area contributed by atoms with Crippen molar-refractivity contribution in [3.8, 4) is 0 Å². The number of rotatable bonds is 7. The van der Waals surface area contributed by atoms with Crippen LogP contribution in [0.5, 0.6) is 0 Å². The van der Waals surface area contributed by atoms with E-state index in [0.29, 0.717) is 6.42 Å². The van der Waals surface area contributed by atoms with Crippen LogP contribution in [-0.2, 0) is 16.0 Å². The lowest BCUT2D eigenvalue weighted by Gasteiger charge is -2.20. The fourth-order valence-electron chi connectivity index (χ4n) is 2.60. The average Bonchev–Trinajstić information content (AvgIpc) is 2.59. The normalized spacial score (nSPS) is 12.6. The predicted octanol–water partition coefficient (Wildman–Crippen LogP) is 5.48. The highest BCUT2D eigenvalue weighted by Crippen LogP contribution is 2.24. The molecule has 0 aliphatic carbocycles. The van der Waals surface area contributed by atoms with Crippen molar-refractivity contribution in [2.24, 2.45) is 0 Å². The van der Waals surface area contributed by atoms with Crippen molar-refractivity contribution in [1.29, 1.82) is 0 Å². The number of carbonyl (C=O) groups is 1. The molecule has 0 unspecified atom stereocenters. The van der Waals surface area contributed by atoms with E-state index in [0.717, 1.165) is 17.1 Å². The average molecular weight is 356 g/mol. The molecular formula is C22H29NOS. The summed E-state index contributed by atoms with van der Waals surface area (Å²) in [4.78, 5) is 12.1. The Kier molecular flexibility index (Phi) is 7.12. The lowest BCUT2D eigenvalue weighted by Crippen LogP contribution is -2.27. The third-order valence-corrected chi connectivity index (χ3v) is 5.27. The Morgan fingerprint density at radius 3 is 2.28 bits per heavy atom. The van der Waals surface area contributed by atoms with E-state index in [1.54, 1.807) is 11.8 Å². The van der Waals surface area contributed by atoms with Gasteiger partial charge >= 0.3 is 0 Å². The quantitative estimate of drug-likeness (QED) is 0.666. The lowest BCUT2D eigenvalue weighted by atomic mass is 9.86. The van der Waals surface area contributed by atoms with Crippen LogP contribution in [-0.4, -0.2) is 11.7 Å². The number of benzene rings is 2. The topological polar surface area (TPSA) is 29.1 Å². The van der Waals surface area contributed by atoms with E-state index in [2.05, 4.69) is 74.6 Å². The molecule has 0 aliphatic heterocycles. The molecule has 2 nitrogen and oxygen atoms in total. The smallest absolute Gasteiger partial charge is 0.221 e. The Bertz CT molecular complexity index is 659. The summed E-state index contributed by atoms with van der Waals surface area (Å²) in [7, 11) is 0. The van der Waals surface area contributed by atoms with Crippen molar-refractivity contribution in [2.45, 2.75) is 51.3 Å². The van der Waals surface area contributed by atoms with Gasteiger partial charge in [0.2, 0.25) is 5.91 Å². The van der Waals surface area contributed by atoms with Crippen LogP contribution in [0.2, 0.25) is 0 Å². The first-order valence-corrected chi connectivity index (χ1v) is 10.0. The van der Waals surface area contributed by atoms with Gasteiger partial charge in [-0.05, 0) is 29.0 Å². The molecule has 0 fully saturated rings. The molecule has 2 aromatic rings. The Balaban J connectivity index is 1.74. The molecule has 0 heterocycles. The molecule has 1 atom stereocenters. The first kappa shape index (κ1) is 19.6. The summed E-state index contributed by atoms with van der Waals surface area (Å²) in [5.74, 6) is 1.92. The predicted molar refractivity (Wildman–Crippen MR) is 109 cm³/mol. The van der Waals surface area contributed by atoms with E-state index in [1.165, 1.54) is 11.1 Å². The molecule has 0 bridgehead atoms. The summed E-state index contributed by atoms with van der Waals surface area (Å²) in [6.07, 6.45) is 0.557. The SMILES string of the molecule is C[C@@H](NC(=O)CCSCc1ccccc1)c1ccc(C(C)(C)C)cc1.